The van der Waals surface area contributed by atoms with Gasteiger partial charge in [-0.05, 0) is 0 Å². The Balaban J connectivity index is 3.22. The second kappa shape index (κ2) is 3.79. The molecule has 0 aromatic carbocycles. The lowest BCUT2D eigenvalue weighted by Gasteiger charge is -2.10. The van der Waals surface area contributed by atoms with Gasteiger partial charge in [0.15, 0.2) is 5.69 Å². The first-order chi connectivity index (χ1) is 6.49. The minimum absolute atomic E-state index is 0.0745. The second-order valence-corrected chi connectivity index (χ2v) is 2.52. The van der Waals surface area contributed by atoms with Crippen molar-refractivity contribution in [1.29, 1.82) is 0 Å². The highest BCUT2D eigenvalue weighted by molar-refractivity contribution is 5.30. The normalized spacial score (nSPS) is 11.5. The third-order valence-electron chi connectivity index (χ3n) is 1.58. The van der Waals surface area contributed by atoms with Crippen molar-refractivity contribution in [2.24, 2.45) is 5.73 Å². The Hall–Kier alpha value is -1.37. The molecule has 4 nitrogen and oxygen atoms in total. The molecule has 0 saturated heterocycles. The van der Waals surface area contributed by atoms with Crippen LogP contribution in [0.5, 0.6) is 0 Å². The zero-order valence-electron chi connectivity index (χ0n) is 7.39. The van der Waals surface area contributed by atoms with Gasteiger partial charge < -0.3 is 11.1 Å². The Morgan fingerprint density at radius 3 is 2.57 bits per heavy atom. The molecule has 3 N–H and O–H groups in total. The molecule has 78 valence electrons. The topological polar surface area (TPSA) is 63.8 Å². The van der Waals surface area contributed by atoms with Crippen molar-refractivity contribution in [2.45, 2.75) is 12.7 Å². The summed E-state index contributed by atoms with van der Waals surface area (Å²) in [5.74, 6) is -0.0745. The zero-order valence-corrected chi connectivity index (χ0v) is 7.39. The van der Waals surface area contributed by atoms with Crippen molar-refractivity contribution >= 4 is 5.95 Å². The fourth-order valence-electron chi connectivity index (χ4n) is 0.922. The van der Waals surface area contributed by atoms with Gasteiger partial charge >= 0.3 is 6.18 Å². The summed E-state index contributed by atoms with van der Waals surface area (Å²) in [6.45, 7) is -0.237. The first-order valence-electron chi connectivity index (χ1n) is 3.80. The Labute approximate surface area is 78.4 Å². The molecule has 0 aliphatic heterocycles. The third kappa shape index (κ3) is 2.11. The number of nitrogens with two attached hydrogens (primary N) is 1. The predicted octanol–water partition coefficient (Wildman–Crippen LogP) is 0.996. The van der Waals surface area contributed by atoms with Gasteiger partial charge in [0.25, 0.3) is 0 Å². The van der Waals surface area contributed by atoms with Crippen LogP contribution in [0.1, 0.15) is 11.3 Å². The van der Waals surface area contributed by atoms with Crippen LogP contribution in [0.2, 0.25) is 0 Å². The van der Waals surface area contributed by atoms with E-state index < -0.39 is 11.9 Å². The molecular formula is C7H9F3N4. The van der Waals surface area contributed by atoms with Gasteiger partial charge in [0, 0.05) is 25.4 Å². The molecule has 0 bridgehead atoms. The number of nitrogens with zero attached hydrogens (tertiary/aromatic N) is 2. The van der Waals surface area contributed by atoms with Crippen LogP contribution in [0.25, 0.3) is 0 Å². The van der Waals surface area contributed by atoms with E-state index in [1.54, 1.807) is 0 Å². The van der Waals surface area contributed by atoms with E-state index in [9.17, 15) is 13.2 Å². The molecule has 0 unspecified atom stereocenters. The van der Waals surface area contributed by atoms with Crippen LogP contribution < -0.4 is 11.1 Å². The number of aromatic nitrogens is 2. The highest BCUT2D eigenvalue weighted by atomic mass is 19.4. The van der Waals surface area contributed by atoms with E-state index in [1.807, 2.05) is 0 Å². The van der Waals surface area contributed by atoms with Crippen LogP contribution in [0.4, 0.5) is 19.1 Å². The molecule has 0 atom stereocenters. The number of rotatable bonds is 2. The van der Waals surface area contributed by atoms with Gasteiger partial charge in [-0.2, -0.15) is 13.2 Å². The summed E-state index contributed by atoms with van der Waals surface area (Å²) in [5.41, 5.74) is 4.04. The fourth-order valence-corrected chi connectivity index (χ4v) is 0.922. The van der Waals surface area contributed by atoms with Crippen LogP contribution in [-0.4, -0.2) is 17.0 Å². The van der Waals surface area contributed by atoms with Gasteiger partial charge in [0.05, 0.1) is 0 Å². The van der Waals surface area contributed by atoms with Gasteiger partial charge in [0.1, 0.15) is 0 Å². The van der Waals surface area contributed by atoms with E-state index in [0.717, 1.165) is 6.20 Å². The van der Waals surface area contributed by atoms with Crippen molar-refractivity contribution in [1.82, 2.24) is 9.97 Å². The lowest BCUT2D eigenvalue weighted by atomic mass is 10.2. The Kier molecular flexibility index (Phi) is 2.90. The van der Waals surface area contributed by atoms with Crippen molar-refractivity contribution < 1.29 is 13.2 Å². The molecule has 0 aliphatic carbocycles. The maximum absolute atomic E-state index is 12.4. The molecule has 0 radical (unpaired) electrons. The van der Waals surface area contributed by atoms with Crippen LogP contribution in [0.15, 0.2) is 6.20 Å². The Morgan fingerprint density at radius 2 is 2.14 bits per heavy atom. The fraction of sp³-hybridized carbons (Fsp3) is 0.429. The molecule has 0 saturated carbocycles. The van der Waals surface area contributed by atoms with E-state index in [0.29, 0.717) is 0 Å². The lowest BCUT2D eigenvalue weighted by molar-refractivity contribution is -0.141. The first-order valence-corrected chi connectivity index (χ1v) is 3.80. The molecule has 7 heteroatoms. The molecule has 0 amide bonds. The van der Waals surface area contributed by atoms with Gasteiger partial charge in [-0.3, -0.25) is 0 Å². The summed E-state index contributed by atoms with van der Waals surface area (Å²) in [5, 5.41) is 2.43. The summed E-state index contributed by atoms with van der Waals surface area (Å²) in [6, 6.07) is 0. The second-order valence-electron chi connectivity index (χ2n) is 2.52. The average Bonchev–Trinajstić information content (AvgIpc) is 2.15. The zero-order chi connectivity index (χ0) is 10.8. The van der Waals surface area contributed by atoms with Crippen LogP contribution in [-0.2, 0) is 12.7 Å². The minimum Gasteiger partial charge on any atom is -0.357 e. The Bertz CT molecular complexity index is 323. The van der Waals surface area contributed by atoms with Crippen LogP contribution in [0.3, 0.4) is 0 Å². The van der Waals surface area contributed by atoms with E-state index in [4.69, 9.17) is 5.73 Å². The average molecular weight is 206 g/mol. The highest BCUT2D eigenvalue weighted by Gasteiger charge is 2.35. The van der Waals surface area contributed by atoms with Crippen LogP contribution >= 0.6 is 0 Å². The predicted molar refractivity (Wildman–Crippen MR) is 44.5 cm³/mol. The summed E-state index contributed by atoms with van der Waals surface area (Å²) in [7, 11) is 1.44. The molecule has 1 rings (SSSR count). The van der Waals surface area contributed by atoms with E-state index in [2.05, 4.69) is 15.3 Å². The molecule has 0 fully saturated rings. The van der Waals surface area contributed by atoms with Crippen molar-refractivity contribution in [3.63, 3.8) is 0 Å². The van der Waals surface area contributed by atoms with E-state index >= 15 is 0 Å². The molecule has 0 spiro atoms. The SMILES string of the molecule is CNc1ncc(CN)c(C(F)(F)F)n1. The lowest BCUT2D eigenvalue weighted by Crippen LogP contribution is -2.16. The quantitative estimate of drug-likeness (QED) is 0.757. The monoisotopic (exact) mass is 206 g/mol. The molecule has 1 heterocycles. The standard InChI is InChI=1S/C7H9F3N4/c1-12-6-13-3-4(2-11)5(14-6)7(8,9)10/h3H,2,11H2,1H3,(H,12,13,14). The third-order valence-corrected chi connectivity index (χ3v) is 1.58. The maximum Gasteiger partial charge on any atom is 0.433 e. The summed E-state index contributed by atoms with van der Waals surface area (Å²) < 4.78 is 37.1. The van der Waals surface area contributed by atoms with Crippen molar-refractivity contribution in [3.05, 3.63) is 17.5 Å². The molecule has 0 aliphatic rings. The number of hydrogen-bond acceptors (Lipinski definition) is 4. The first kappa shape index (κ1) is 10.7. The van der Waals surface area contributed by atoms with Gasteiger partial charge in [-0.1, -0.05) is 0 Å². The van der Waals surface area contributed by atoms with E-state index in [-0.39, 0.29) is 18.1 Å². The van der Waals surface area contributed by atoms with Crippen molar-refractivity contribution in [2.75, 3.05) is 12.4 Å². The molecule has 1 aromatic heterocycles. The molecule has 14 heavy (non-hydrogen) atoms. The summed E-state index contributed by atoms with van der Waals surface area (Å²) >= 11 is 0. The number of alkyl halides is 3. The Morgan fingerprint density at radius 1 is 1.50 bits per heavy atom. The van der Waals surface area contributed by atoms with Crippen molar-refractivity contribution in [3.8, 4) is 0 Å². The number of halogens is 3. The van der Waals surface area contributed by atoms with Crippen LogP contribution in [0, 0.1) is 0 Å². The summed E-state index contributed by atoms with van der Waals surface area (Å²) in [6.07, 6.45) is -3.43. The molecular weight excluding hydrogens is 197 g/mol. The number of nitrogens with one attached hydrogen (secondary N) is 1. The maximum atomic E-state index is 12.4. The van der Waals surface area contributed by atoms with Gasteiger partial charge in [-0.25, -0.2) is 9.97 Å². The molecule has 1 aromatic rings. The highest BCUT2D eigenvalue weighted by Crippen LogP contribution is 2.30. The largest absolute Gasteiger partial charge is 0.433 e. The number of hydrogen-bond donors (Lipinski definition) is 2. The smallest absolute Gasteiger partial charge is 0.357 e. The minimum atomic E-state index is -4.50. The van der Waals surface area contributed by atoms with Gasteiger partial charge in [-0.15, -0.1) is 0 Å². The van der Waals surface area contributed by atoms with Gasteiger partial charge in [0.2, 0.25) is 5.95 Å². The van der Waals surface area contributed by atoms with E-state index in [1.165, 1.54) is 7.05 Å². The summed E-state index contributed by atoms with van der Waals surface area (Å²) in [4.78, 5) is 6.95. The number of anilines is 1.